The molecule has 0 fully saturated rings. The molecular formula is C20H25N5O2S. The van der Waals surface area contributed by atoms with Crippen LogP contribution in [0.15, 0.2) is 45.3 Å². The van der Waals surface area contributed by atoms with Crippen molar-refractivity contribution in [2.45, 2.75) is 39.8 Å². The molecule has 8 heteroatoms. The Bertz CT molecular complexity index is 1050. The van der Waals surface area contributed by atoms with Gasteiger partial charge in [-0.15, -0.1) is 11.3 Å². The molecule has 28 heavy (non-hydrogen) atoms. The van der Waals surface area contributed by atoms with Crippen LogP contribution in [0.25, 0.3) is 11.3 Å². The minimum absolute atomic E-state index is 0.147. The van der Waals surface area contributed by atoms with E-state index in [1.54, 1.807) is 12.3 Å². The number of rotatable bonds is 8. The van der Waals surface area contributed by atoms with E-state index < -0.39 is 11.2 Å². The van der Waals surface area contributed by atoms with E-state index in [1.807, 2.05) is 30.3 Å². The molecule has 3 rings (SSSR count). The van der Waals surface area contributed by atoms with Gasteiger partial charge in [-0.1, -0.05) is 43.7 Å². The summed E-state index contributed by atoms with van der Waals surface area (Å²) in [5, 5.41) is 5.80. The maximum atomic E-state index is 12.9. The van der Waals surface area contributed by atoms with E-state index in [0.29, 0.717) is 12.2 Å². The number of hydrogen-bond donors (Lipinski definition) is 2. The SMILES string of the molecule is CCCCNc1nc(-c2c(N)n(Cc3ccccc3)c(=O)n(CC)c2=O)cs1. The largest absolute Gasteiger partial charge is 0.384 e. The first kappa shape index (κ1) is 19.9. The summed E-state index contributed by atoms with van der Waals surface area (Å²) in [6, 6.07) is 9.57. The highest BCUT2D eigenvalue weighted by atomic mass is 32.1. The zero-order chi connectivity index (χ0) is 20.1. The smallest absolute Gasteiger partial charge is 0.332 e. The Hall–Kier alpha value is -2.87. The Morgan fingerprint density at radius 2 is 1.89 bits per heavy atom. The zero-order valence-corrected chi connectivity index (χ0v) is 17.0. The van der Waals surface area contributed by atoms with E-state index in [4.69, 9.17) is 5.73 Å². The minimum Gasteiger partial charge on any atom is -0.384 e. The van der Waals surface area contributed by atoms with Crippen molar-refractivity contribution in [1.29, 1.82) is 0 Å². The van der Waals surface area contributed by atoms with E-state index in [9.17, 15) is 9.59 Å². The first-order valence-corrected chi connectivity index (χ1v) is 10.3. The molecule has 0 radical (unpaired) electrons. The van der Waals surface area contributed by atoms with Crippen molar-refractivity contribution in [1.82, 2.24) is 14.1 Å². The summed E-state index contributed by atoms with van der Waals surface area (Å²) in [5.41, 5.74) is 7.21. The van der Waals surface area contributed by atoms with Gasteiger partial charge < -0.3 is 11.1 Å². The van der Waals surface area contributed by atoms with Gasteiger partial charge in [0.1, 0.15) is 11.4 Å². The average molecular weight is 400 g/mol. The summed E-state index contributed by atoms with van der Waals surface area (Å²) in [7, 11) is 0. The van der Waals surface area contributed by atoms with Crippen LogP contribution >= 0.6 is 11.3 Å². The van der Waals surface area contributed by atoms with Crippen LogP contribution < -0.4 is 22.3 Å². The summed E-state index contributed by atoms with van der Waals surface area (Å²) >= 11 is 1.43. The fraction of sp³-hybridized carbons (Fsp3) is 0.350. The molecule has 3 aromatic rings. The Morgan fingerprint density at radius 1 is 1.14 bits per heavy atom. The quantitative estimate of drug-likeness (QED) is 0.568. The Labute approximate surface area is 167 Å². The number of nitrogen functional groups attached to an aromatic ring is 1. The highest BCUT2D eigenvalue weighted by Gasteiger charge is 2.20. The van der Waals surface area contributed by atoms with Crippen LogP contribution in [0.1, 0.15) is 32.3 Å². The summed E-state index contributed by atoms with van der Waals surface area (Å²) in [6.07, 6.45) is 2.13. The second kappa shape index (κ2) is 8.88. The third-order valence-electron chi connectivity index (χ3n) is 4.53. The van der Waals surface area contributed by atoms with Crippen LogP contribution in [0.3, 0.4) is 0 Å². The van der Waals surface area contributed by atoms with E-state index in [-0.39, 0.29) is 17.9 Å². The molecule has 2 heterocycles. The van der Waals surface area contributed by atoms with Crippen molar-refractivity contribution >= 4 is 22.3 Å². The molecule has 0 amide bonds. The number of nitrogens with zero attached hydrogens (tertiary/aromatic N) is 3. The van der Waals surface area contributed by atoms with Crippen molar-refractivity contribution in [3.05, 3.63) is 62.1 Å². The Balaban J connectivity index is 2.07. The summed E-state index contributed by atoms with van der Waals surface area (Å²) in [5.74, 6) is 0.147. The predicted molar refractivity (Wildman–Crippen MR) is 115 cm³/mol. The molecule has 148 valence electrons. The van der Waals surface area contributed by atoms with Gasteiger partial charge in [0.25, 0.3) is 5.56 Å². The number of aromatic nitrogens is 3. The second-order valence-electron chi connectivity index (χ2n) is 6.48. The molecule has 0 unspecified atom stereocenters. The van der Waals surface area contributed by atoms with Gasteiger partial charge >= 0.3 is 5.69 Å². The van der Waals surface area contributed by atoms with Crippen molar-refractivity contribution < 1.29 is 0 Å². The van der Waals surface area contributed by atoms with Gasteiger partial charge in [0.15, 0.2) is 5.13 Å². The summed E-state index contributed by atoms with van der Waals surface area (Å²) < 4.78 is 2.65. The van der Waals surface area contributed by atoms with Crippen molar-refractivity contribution in [2.75, 3.05) is 17.6 Å². The number of nitrogens with two attached hydrogens (primary N) is 1. The lowest BCUT2D eigenvalue weighted by atomic mass is 10.2. The average Bonchev–Trinajstić information content (AvgIpc) is 3.15. The zero-order valence-electron chi connectivity index (χ0n) is 16.1. The topological polar surface area (TPSA) is 94.9 Å². The number of unbranched alkanes of at least 4 members (excludes halogenated alkanes) is 1. The standard InChI is InChI=1S/C20H25N5O2S/c1-3-5-11-22-19-23-15(13-28-19)16-17(21)25(12-14-9-7-6-8-10-14)20(27)24(4-2)18(16)26/h6-10,13H,3-5,11-12,21H2,1-2H3,(H,22,23). The van der Waals surface area contributed by atoms with Gasteiger partial charge in [-0.25, -0.2) is 9.78 Å². The van der Waals surface area contributed by atoms with Gasteiger partial charge in [0.05, 0.1) is 12.2 Å². The first-order valence-electron chi connectivity index (χ1n) is 9.43. The molecule has 0 aliphatic rings. The van der Waals surface area contributed by atoms with Gasteiger partial charge in [-0.05, 0) is 18.9 Å². The predicted octanol–water partition coefficient (Wildman–Crippen LogP) is 3.00. The molecule has 7 nitrogen and oxygen atoms in total. The van der Waals surface area contributed by atoms with E-state index in [0.717, 1.165) is 30.1 Å². The third-order valence-corrected chi connectivity index (χ3v) is 5.33. The van der Waals surface area contributed by atoms with Crippen molar-refractivity contribution in [2.24, 2.45) is 0 Å². The van der Waals surface area contributed by atoms with Crippen LogP contribution in [0, 0.1) is 0 Å². The lowest BCUT2D eigenvalue weighted by Crippen LogP contribution is -2.41. The molecular weight excluding hydrogens is 374 g/mol. The Kier molecular flexibility index (Phi) is 6.30. The monoisotopic (exact) mass is 399 g/mol. The van der Waals surface area contributed by atoms with Crippen molar-refractivity contribution in [3.8, 4) is 11.3 Å². The molecule has 0 bridgehead atoms. The summed E-state index contributed by atoms with van der Waals surface area (Å²) in [6.45, 7) is 5.29. The fourth-order valence-electron chi connectivity index (χ4n) is 3.00. The molecule has 0 aliphatic carbocycles. The maximum absolute atomic E-state index is 12.9. The number of hydrogen-bond acceptors (Lipinski definition) is 6. The van der Waals surface area contributed by atoms with Gasteiger partial charge in [-0.2, -0.15) is 0 Å². The van der Waals surface area contributed by atoms with Crippen LogP contribution in [-0.2, 0) is 13.1 Å². The second-order valence-corrected chi connectivity index (χ2v) is 7.34. The highest BCUT2D eigenvalue weighted by Crippen LogP contribution is 2.26. The summed E-state index contributed by atoms with van der Waals surface area (Å²) in [4.78, 5) is 30.3. The number of benzene rings is 1. The van der Waals surface area contributed by atoms with Crippen LogP contribution in [0.4, 0.5) is 10.9 Å². The van der Waals surface area contributed by atoms with E-state index >= 15 is 0 Å². The highest BCUT2D eigenvalue weighted by molar-refractivity contribution is 7.14. The van der Waals surface area contributed by atoms with Gasteiger partial charge in [0, 0.05) is 18.5 Å². The number of nitrogens with one attached hydrogen (secondary N) is 1. The maximum Gasteiger partial charge on any atom is 0.332 e. The van der Waals surface area contributed by atoms with Gasteiger partial charge in [0.2, 0.25) is 0 Å². The molecule has 1 aromatic carbocycles. The normalized spacial score (nSPS) is 10.9. The van der Waals surface area contributed by atoms with E-state index in [1.165, 1.54) is 20.5 Å². The number of anilines is 2. The first-order chi connectivity index (χ1) is 13.6. The molecule has 0 saturated heterocycles. The lowest BCUT2D eigenvalue weighted by Gasteiger charge is -2.15. The lowest BCUT2D eigenvalue weighted by molar-refractivity contribution is 0.606. The number of thiazole rings is 1. The van der Waals surface area contributed by atoms with Crippen LogP contribution in [-0.4, -0.2) is 20.7 Å². The van der Waals surface area contributed by atoms with Crippen LogP contribution in [0.5, 0.6) is 0 Å². The third kappa shape index (κ3) is 4.01. The molecule has 3 N–H and O–H groups in total. The Morgan fingerprint density at radius 3 is 2.57 bits per heavy atom. The molecule has 2 aromatic heterocycles. The molecule has 0 atom stereocenters. The fourth-order valence-corrected chi connectivity index (χ4v) is 3.73. The van der Waals surface area contributed by atoms with Gasteiger partial charge in [-0.3, -0.25) is 13.9 Å². The molecule has 0 spiro atoms. The minimum atomic E-state index is -0.408. The molecule has 0 aliphatic heterocycles. The molecule has 0 saturated carbocycles. The van der Waals surface area contributed by atoms with E-state index in [2.05, 4.69) is 17.2 Å². The van der Waals surface area contributed by atoms with Crippen LogP contribution in [0.2, 0.25) is 0 Å². The van der Waals surface area contributed by atoms with Crippen molar-refractivity contribution in [3.63, 3.8) is 0 Å².